The average molecular weight is 365 g/mol. The van der Waals surface area contributed by atoms with Crippen molar-refractivity contribution in [2.24, 2.45) is 5.73 Å². The lowest BCUT2D eigenvalue weighted by molar-refractivity contribution is -0.380. The molecule has 1 unspecified atom stereocenters. The second-order valence-electron chi connectivity index (χ2n) is 5.54. The zero-order chi connectivity index (χ0) is 18.3. The fraction of sp³-hybridized carbons (Fsp3) is 0.0588. The molecule has 0 amide bonds. The smallest absolute Gasteiger partial charge is 0.324 e. The van der Waals surface area contributed by atoms with Gasteiger partial charge in [-0.15, -0.1) is 5.10 Å². The quantitative estimate of drug-likeness (QED) is 0.541. The van der Waals surface area contributed by atoms with E-state index < -0.39 is 10.8 Å². The van der Waals surface area contributed by atoms with E-state index in [9.17, 15) is 15.4 Å². The lowest BCUT2D eigenvalue weighted by Crippen LogP contribution is -2.20. The van der Waals surface area contributed by atoms with Gasteiger partial charge in [0, 0.05) is 10.9 Å². The number of benzene rings is 1. The minimum atomic E-state index is -0.587. The molecule has 1 atom stereocenters. The van der Waals surface area contributed by atoms with Crippen molar-refractivity contribution in [1.82, 2.24) is 10.2 Å². The van der Waals surface area contributed by atoms with Gasteiger partial charge in [-0.1, -0.05) is 41.7 Å². The van der Waals surface area contributed by atoms with E-state index in [4.69, 9.17) is 10.5 Å². The molecule has 3 heterocycles. The Kier molecular flexibility index (Phi) is 3.67. The summed E-state index contributed by atoms with van der Waals surface area (Å²) in [5, 5.41) is 27.8. The summed E-state index contributed by atoms with van der Waals surface area (Å²) in [7, 11) is 0. The van der Waals surface area contributed by atoms with Gasteiger partial charge in [0.2, 0.25) is 11.8 Å². The molecular formula is C17H11N5O3S. The lowest BCUT2D eigenvalue weighted by atomic mass is 9.87. The molecule has 0 fully saturated rings. The van der Waals surface area contributed by atoms with Crippen LogP contribution in [0.3, 0.4) is 0 Å². The van der Waals surface area contributed by atoms with Gasteiger partial charge in [0.1, 0.15) is 11.6 Å². The van der Waals surface area contributed by atoms with Gasteiger partial charge < -0.3 is 10.5 Å². The first-order valence-electron chi connectivity index (χ1n) is 7.55. The van der Waals surface area contributed by atoms with Crippen molar-refractivity contribution in [3.63, 3.8) is 0 Å². The predicted molar refractivity (Wildman–Crippen MR) is 94.3 cm³/mol. The maximum absolute atomic E-state index is 11.1. The van der Waals surface area contributed by atoms with Crippen molar-refractivity contribution < 1.29 is 9.66 Å². The highest BCUT2D eigenvalue weighted by Crippen LogP contribution is 2.47. The number of nitrogens with two attached hydrogens (primary N) is 1. The van der Waals surface area contributed by atoms with Crippen LogP contribution in [-0.4, -0.2) is 15.1 Å². The van der Waals surface area contributed by atoms with Crippen LogP contribution in [0.2, 0.25) is 0 Å². The van der Waals surface area contributed by atoms with E-state index in [1.54, 1.807) is 6.07 Å². The fourth-order valence-corrected chi connectivity index (χ4v) is 3.89. The fourth-order valence-electron chi connectivity index (χ4n) is 2.95. The van der Waals surface area contributed by atoms with E-state index in [2.05, 4.69) is 16.3 Å². The monoisotopic (exact) mass is 365 g/mol. The number of fused-ring (bicyclic) bond motifs is 1. The number of aromatic nitrogens is 2. The van der Waals surface area contributed by atoms with Gasteiger partial charge in [-0.05, 0) is 11.6 Å². The Labute approximate surface area is 151 Å². The maximum Gasteiger partial charge on any atom is 0.324 e. The molecule has 0 aliphatic carbocycles. The minimum Gasteiger partial charge on any atom is -0.420 e. The summed E-state index contributed by atoms with van der Waals surface area (Å²) in [6, 6.07) is 14.6. The molecule has 4 rings (SSSR count). The molecule has 0 saturated heterocycles. The van der Waals surface area contributed by atoms with Crippen LogP contribution in [0.25, 0.3) is 11.3 Å². The maximum atomic E-state index is 11.1. The molecule has 9 heteroatoms. The number of nitrogens with zero attached hydrogens (tertiary/aromatic N) is 3. The molecule has 0 saturated carbocycles. The molecule has 3 N–H and O–H groups in total. The zero-order valence-electron chi connectivity index (χ0n) is 13.2. The normalized spacial score (nSPS) is 15.9. The second-order valence-corrected chi connectivity index (χ2v) is 6.64. The molecule has 3 aromatic rings. The Morgan fingerprint density at radius 3 is 2.73 bits per heavy atom. The summed E-state index contributed by atoms with van der Waals surface area (Å²) in [5.41, 5.74) is 8.28. The summed E-state index contributed by atoms with van der Waals surface area (Å²) in [5.74, 6) is -0.370. The third-order valence-corrected chi connectivity index (χ3v) is 5.18. The number of H-pyrrole nitrogens is 1. The number of ether oxygens (including phenoxy) is 1. The molecule has 8 nitrogen and oxygen atoms in total. The van der Waals surface area contributed by atoms with Crippen molar-refractivity contribution in [2.45, 2.75) is 5.92 Å². The molecule has 1 aliphatic heterocycles. The number of aromatic amines is 1. The molecule has 1 aliphatic rings. The first-order valence-corrected chi connectivity index (χ1v) is 8.37. The summed E-state index contributed by atoms with van der Waals surface area (Å²) in [6.07, 6.45) is 0. The number of thiophene rings is 1. The van der Waals surface area contributed by atoms with E-state index in [0.717, 1.165) is 16.9 Å². The van der Waals surface area contributed by atoms with Crippen LogP contribution >= 0.6 is 11.3 Å². The highest BCUT2D eigenvalue weighted by atomic mass is 32.1. The van der Waals surface area contributed by atoms with Crippen LogP contribution in [0.1, 0.15) is 16.4 Å². The molecule has 0 spiro atoms. The molecule has 128 valence electrons. The van der Waals surface area contributed by atoms with Crippen LogP contribution < -0.4 is 10.5 Å². The van der Waals surface area contributed by atoms with Gasteiger partial charge in [0.05, 0.1) is 22.1 Å². The van der Waals surface area contributed by atoms with Crippen LogP contribution in [0, 0.1) is 21.4 Å². The number of hydrogen-bond acceptors (Lipinski definition) is 7. The number of nitrogens with one attached hydrogen (secondary N) is 1. The van der Waals surface area contributed by atoms with Crippen LogP contribution in [0.4, 0.5) is 5.00 Å². The van der Waals surface area contributed by atoms with E-state index in [0.29, 0.717) is 16.1 Å². The number of hydrogen-bond donors (Lipinski definition) is 2. The third-order valence-electron chi connectivity index (χ3n) is 4.08. The Hall–Kier alpha value is -3.64. The minimum absolute atomic E-state index is 0.00587. The van der Waals surface area contributed by atoms with Crippen molar-refractivity contribution >= 4 is 16.3 Å². The predicted octanol–water partition coefficient (Wildman–Crippen LogP) is 3.26. The Morgan fingerprint density at radius 2 is 2.08 bits per heavy atom. The zero-order valence-corrected chi connectivity index (χ0v) is 14.0. The summed E-state index contributed by atoms with van der Waals surface area (Å²) in [6.45, 7) is 0. The van der Waals surface area contributed by atoms with Gasteiger partial charge in [-0.3, -0.25) is 15.2 Å². The Bertz CT molecular complexity index is 1080. The van der Waals surface area contributed by atoms with Gasteiger partial charge in [0.25, 0.3) is 0 Å². The average Bonchev–Trinajstić information content (AvgIpc) is 3.28. The number of rotatable bonds is 3. The molecule has 1 aromatic carbocycles. The number of nitriles is 1. The van der Waals surface area contributed by atoms with E-state index in [1.165, 1.54) is 6.07 Å². The standard InChI is InChI=1S/C17H11N5O3S/c18-8-10-13(11-6-7-12(26-11)22(23)24)14-15(9-4-2-1-3-5-9)20-21-17(14)25-16(10)19/h1-7,13H,19H2,(H,20,21). The highest BCUT2D eigenvalue weighted by molar-refractivity contribution is 7.15. The van der Waals surface area contributed by atoms with Crippen LogP contribution in [-0.2, 0) is 0 Å². The molecule has 2 aromatic heterocycles. The van der Waals surface area contributed by atoms with Gasteiger partial charge in [-0.2, -0.15) is 5.26 Å². The van der Waals surface area contributed by atoms with Gasteiger partial charge >= 0.3 is 5.00 Å². The Morgan fingerprint density at radius 1 is 1.31 bits per heavy atom. The van der Waals surface area contributed by atoms with E-state index in [-0.39, 0.29) is 22.3 Å². The van der Waals surface area contributed by atoms with Crippen molar-refractivity contribution in [3.05, 3.63) is 74.5 Å². The molecule has 26 heavy (non-hydrogen) atoms. The summed E-state index contributed by atoms with van der Waals surface area (Å²) in [4.78, 5) is 11.2. The second kappa shape index (κ2) is 6.02. The number of allylic oxidation sites excluding steroid dienone is 1. The first kappa shape index (κ1) is 15.9. The van der Waals surface area contributed by atoms with Crippen molar-refractivity contribution in [3.8, 4) is 23.2 Å². The van der Waals surface area contributed by atoms with E-state index in [1.807, 2.05) is 30.3 Å². The SMILES string of the molecule is N#CC1=C(N)Oc2n[nH]c(-c3ccccc3)c2C1c1ccc([N+](=O)[O-])s1. The largest absolute Gasteiger partial charge is 0.420 e. The first-order chi connectivity index (χ1) is 12.6. The summed E-state index contributed by atoms with van der Waals surface area (Å²) >= 11 is 1.00. The number of nitro groups is 1. The van der Waals surface area contributed by atoms with Gasteiger partial charge in [0.15, 0.2) is 0 Å². The van der Waals surface area contributed by atoms with E-state index >= 15 is 0 Å². The molecule has 0 radical (unpaired) electrons. The van der Waals surface area contributed by atoms with Crippen molar-refractivity contribution in [2.75, 3.05) is 0 Å². The third kappa shape index (κ3) is 2.40. The van der Waals surface area contributed by atoms with Crippen LogP contribution in [0.5, 0.6) is 5.88 Å². The van der Waals surface area contributed by atoms with Gasteiger partial charge in [-0.25, -0.2) is 0 Å². The topological polar surface area (TPSA) is 131 Å². The molecule has 0 bridgehead atoms. The lowest BCUT2D eigenvalue weighted by Gasteiger charge is -2.22. The highest BCUT2D eigenvalue weighted by Gasteiger charge is 2.37. The Balaban J connectivity index is 1.93. The molecular weight excluding hydrogens is 354 g/mol. The van der Waals surface area contributed by atoms with Crippen LogP contribution in [0.15, 0.2) is 53.9 Å². The summed E-state index contributed by atoms with van der Waals surface area (Å²) < 4.78 is 5.51. The van der Waals surface area contributed by atoms with Crippen molar-refractivity contribution in [1.29, 1.82) is 5.26 Å².